The lowest BCUT2D eigenvalue weighted by Gasteiger charge is -2.38. The van der Waals surface area contributed by atoms with Crippen LogP contribution in [0, 0.1) is 0 Å². The van der Waals surface area contributed by atoms with Gasteiger partial charge in [-0.2, -0.15) is 0 Å². The van der Waals surface area contributed by atoms with E-state index in [-0.39, 0.29) is 18.8 Å². The number of fused-ring (bicyclic) bond motifs is 1. The van der Waals surface area contributed by atoms with Crippen molar-refractivity contribution in [3.8, 4) is 0 Å². The maximum atomic E-state index is 11.9. The zero-order chi connectivity index (χ0) is 16.5. The smallest absolute Gasteiger partial charge is 0.332 e. The molecule has 0 saturated carbocycles. The highest BCUT2D eigenvalue weighted by Crippen LogP contribution is 2.31. The van der Waals surface area contributed by atoms with E-state index in [4.69, 9.17) is 14.2 Å². The molecule has 1 saturated heterocycles. The molecule has 0 aliphatic carbocycles. The molecule has 1 N–H and O–H groups in total. The van der Waals surface area contributed by atoms with Crippen LogP contribution < -0.4 is 11.2 Å². The number of nitrogens with zero attached hydrogens (tertiary/aromatic N) is 1. The zero-order valence-electron chi connectivity index (χ0n) is 12.8. The third-order valence-corrected chi connectivity index (χ3v) is 4.07. The van der Waals surface area contributed by atoms with E-state index >= 15 is 0 Å². The maximum Gasteiger partial charge on any atom is 0.332 e. The van der Waals surface area contributed by atoms with Crippen molar-refractivity contribution in [2.45, 2.75) is 18.5 Å². The molecule has 0 spiro atoms. The fourth-order valence-electron chi connectivity index (χ4n) is 2.84. The Bertz CT molecular complexity index is 870. The summed E-state index contributed by atoms with van der Waals surface area (Å²) in [4.78, 5) is 25.4. The molecule has 3 atom stereocenters. The highest BCUT2D eigenvalue weighted by Gasteiger charge is 2.35. The minimum absolute atomic E-state index is 0.216. The largest absolute Gasteiger partial charge is 0.367 e. The van der Waals surface area contributed by atoms with Crippen molar-refractivity contribution < 1.29 is 14.2 Å². The monoisotopic (exact) mass is 328 g/mol. The average molecular weight is 328 g/mol. The molecule has 2 aromatic rings. The van der Waals surface area contributed by atoms with Crippen molar-refractivity contribution in [3.05, 3.63) is 75.1 Å². The average Bonchev–Trinajstić information content (AvgIpc) is 2.61. The van der Waals surface area contributed by atoms with Crippen LogP contribution in [0.2, 0.25) is 0 Å². The van der Waals surface area contributed by atoms with Crippen LogP contribution in [0.5, 0.6) is 0 Å². The lowest BCUT2D eigenvalue weighted by molar-refractivity contribution is -0.254. The molecule has 3 heterocycles. The van der Waals surface area contributed by atoms with Gasteiger partial charge in [-0.05, 0) is 6.08 Å². The molecule has 1 aromatic heterocycles. The van der Waals surface area contributed by atoms with Crippen molar-refractivity contribution in [1.82, 2.24) is 9.55 Å². The Morgan fingerprint density at radius 2 is 1.92 bits per heavy atom. The Morgan fingerprint density at radius 3 is 2.71 bits per heavy atom. The Balaban J connectivity index is 1.61. The highest BCUT2D eigenvalue weighted by atomic mass is 16.7. The van der Waals surface area contributed by atoms with Gasteiger partial charge in [-0.15, -0.1) is 0 Å². The molecule has 2 aliphatic heterocycles. The summed E-state index contributed by atoms with van der Waals surface area (Å²) in [5, 5.41) is 0. The van der Waals surface area contributed by atoms with Crippen LogP contribution in [-0.4, -0.2) is 35.0 Å². The molecule has 1 aromatic carbocycles. The molecular weight excluding hydrogens is 312 g/mol. The first-order valence-corrected chi connectivity index (χ1v) is 7.67. The first kappa shape index (κ1) is 15.1. The van der Waals surface area contributed by atoms with Gasteiger partial charge in [0.05, 0.1) is 18.9 Å². The summed E-state index contributed by atoms with van der Waals surface area (Å²) in [5.74, 6) is 0. The fraction of sp³-hybridized carbons (Fsp3) is 0.294. The van der Waals surface area contributed by atoms with Crippen LogP contribution in [0.15, 0.2) is 58.3 Å². The van der Waals surface area contributed by atoms with Crippen LogP contribution >= 0.6 is 0 Å². The first-order chi connectivity index (χ1) is 11.7. The number of hydrogen-bond acceptors (Lipinski definition) is 5. The predicted molar refractivity (Wildman–Crippen MR) is 85.3 cm³/mol. The minimum Gasteiger partial charge on any atom is -0.367 e. The lowest BCUT2D eigenvalue weighted by Crippen LogP contribution is -2.45. The summed E-state index contributed by atoms with van der Waals surface area (Å²) in [7, 11) is 0. The van der Waals surface area contributed by atoms with E-state index in [0.29, 0.717) is 12.3 Å². The molecule has 0 bridgehead atoms. The van der Waals surface area contributed by atoms with Crippen molar-refractivity contribution in [1.29, 1.82) is 0 Å². The minimum atomic E-state index is -0.498. The van der Waals surface area contributed by atoms with Crippen LogP contribution in [0.3, 0.4) is 0 Å². The van der Waals surface area contributed by atoms with Crippen molar-refractivity contribution in [2.24, 2.45) is 0 Å². The van der Waals surface area contributed by atoms with Crippen LogP contribution in [0.1, 0.15) is 11.9 Å². The van der Waals surface area contributed by atoms with E-state index in [1.165, 1.54) is 16.8 Å². The molecule has 1 fully saturated rings. The number of rotatable bonds is 2. The van der Waals surface area contributed by atoms with E-state index in [0.717, 1.165) is 5.56 Å². The Labute approximate surface area is 137 Å². The van der Waals surface area contributed by atoms with E-state index in [1.807, 2.05) is 36.4 Å². The van der Waals surface area contributed by atoms with E-state index in [9.17, 15) is 9.59 Å². The molecule has 7 nitrogen and oxygen atoms in total. The maximum absolute atomic E-state index is 11.9. The third-order valence-electron chi connectivity index (χ3n) is 4.07. The van der Waals surface area contributed by atoms with Crippen LogP contribution in [0.25, 0.3) is 5.70 Å². The molecule has 0 amide bonds. The Kier molecular flexibility index (Phi) is 3.89. The summed E-state index contributed by atoms with van der Waals surface area (Å²) in [6.45, 7) is 0.657. The molecule has 2 aliphatic rings. The molecule has 24 heavy (non-hydrogen) atoms. The van der Waals surface area contributed by atoms with Gasteiger partial charge in [-0.25, -0.2) is 4.79 Å². The van der Waals surface area contributed by atoms with Crippen molar-refractivity contribution >= 4 is 5.70 Å². The molecule has 0 radical (unpaired) electrons. The summed E-state index contributed by atoms with van der Waals surface area (Å²) in [6.07, 6.45) is 2.27. The first-order valence-electron chi connectivity index (χ1n) is 7.67. The second-order valence-electron chi connectivity index (χ2n) is 5.66. The number of benzene rings is 1. The van der Waals surface area contributed by atoms with Gasteiger partial charge in [0.25, 0.3) is 5.56 Å². The van der Waals surface area contributed by atoms with Gasteiger partial charge in [0, 0.05) is 17.8 Å². The molecule has 4 rings (SSSR count). The van der Waals surface area contributed by atoms with Gasteiger partial charge in [-0.1, -0.05) is 30.3 Å². The van der Waals surface area contributed by atoms with Crippen LogP contribution in [-0.2, 0) is 14.2 Å². The van der Waals surface area contributed by atoms with Gasteiger partial charge in [0.1, 0.15) is 12.2 Å². The van der Waals surface area contributed by atoms with Gasteiger partial charge in [-0.3, -0.25) is 14.3 Å². The molecule has 3 unspecified atom stereocenters. The SMILES string of the molecule is O=c1ccn(C2=CC3OC(c4ccccc4)OCC3OC2)c(=O)[nH]1. The summed E-state index contributed by atoms with van der Waals surface area (Å²) in [6, 6.07) is 10.9. The van der Waals surface area contributed by atoms with Crippen molar-refractivity contribution in [2.75, 3.05) is 13.2 Å². The summed E-state index contributed by atoms with van der Waals surface area (Å²) >= 11 is 0. The second-order valence-corrected chi connectivity index (χ2v) is 5.66. The predicted octanol–water partition coefficient (Wildman–Crippen LogP) is 0.890. The number of H-pyrrole nitrogens is 1. The van der Waals surface area contributed by atoms with E-state index in [2.05, 4.69) is 4.98 Å². The summed E-state index contributed by atoms with van der Waals surface area (Å²) < 4.78 is 18.8. The van der Waals surface area contributed by atoms with Crippen molar-refractivity contribution in [3.63, 3.8) is 0 Å². The van der Waals surface area contributed by atoms with Gasteiger partial charge in [0.15, 0.2) is 6.29 Å². The third kappa shape index (κ3) is 2.84. The standard InChI is InChI=1S/C17H16N2O5/c20-15-6-7-19(17(21)18-15)12-8-13-14(22-9-12)10-23-16(24-13)11-4-2-1-3-5-11/h1-8,13-14,16H,9-10H2,(H,18,20,21). The number of nitrogens with one attached hydrogen (secondary N) is 1. The Morgan fingerprint density at radius 1 is 1.08 bits per heavy atom. The molecule has 7 heteroatoms. The number of hydrogen-bond donors (Lipinski definition) is 1. The van der Waals surface area contributed by atoms with Crippen LogP contribution in [0.4, 0.5) is 0 Å². The fourth-order valence-corrected chi connectivity index (χ4v) is 2.84. The number of aromatic amines is 1. The zero-order valence-corrected chi connectivity index (χ0v) is 12.8. The normalized spacial score (nSPS) is 26.5. The lowest BCUT2D eigenvalue weighted by atomic mass is 10.1. The Hall–Kier alpha value is -2.48. The topological polar surface area (TPSA) is 82.5 Å². The number of aromatic nitrogens is 2. The van der Waals surface area contributed by atoms with E-state index < -0.39 is 17.5 Å². The quantitative estimate of drug-likeness (QED) is 0.885. The highest BCUT2D eigenvalue weighted by molar-refractivity contribution is 5.48. The van der Waals surface area contributed by atoms with Gasteiger partial charge in [0.2, 0.25) is 0 Å². The summed E-state index contributed by atoms with van der Waals surface area (Å²) in [5.41, 5.74) is 0.629. The van der Waals surface area contributed by atoms with Gasteiger partial charge >= 0.3 is 5.69 Å². The molecule has 124 valence electrons. The van der Waals surface area contributed by atoms with Gasteiger partial charge < -0.3 is 14.2 Å². The molecular formula is C17H16N2O5. The van der Waals surface area contributed by atoms with E-state index in [1.54, 1.807) is 0 Å². The second kappa shape index (κ2) is 6.20. The number of ether oxygens (including phenoxy) is 3.